The highest BCUT2D eigenvalue weighted by molar-refractivity contribution is 5.97. The maximum atomic E-state index is 13.4. The molecule has 1 atom stereocenters. The normalized spacial score (nSPS) is 17.6. The average Bonchev–Trinajstić information content (AvgIpc) is 3.00. The van der Waals surface area contributed by atoms with Crippen molar-refractivity contribution < 1.29 is 14.3 Å². The predicted octanol–water partition coefficient (Wildman–Crippen LogP) is 5.43. The van der Waals surface area contributed by atoms with E-state index in [0.717, 1.165) is 67.5 Å². The molecule has 1 heterocycles. The number of anilines is 1. The molecule has 0 radical (unpaired) electrons. The van der Waals surface area contributed by atoms with Gasteiger partial charge >= 0.3 is 0 Å². The molecular formula is C33H42N4O3. The lowest BCUT2D eigenvalue weighted by Crippen LogP contribution is -2.48. The molecule has 0 spiro atoms. The number of carbonyl (C=O) groups excluding carboxylic acids is 2. The predicted molar refractivity (Wildman–Crippen MR) is 159 cm³/mol. The van der Waals surface area contributed by atoms with Gasteiger partial charge in [0.2, 0.25) is 11.8 Å². The van der Waals surface area contributed by atoms with Crippen LogP contribution in [0.3, 0.4) is 0 Å². The number of pyridine rings is 1. The number of hydrogen-bond donors (Lipinski definition) is 3. The highest BCUT2D eigenvalue weighted by Gasteiger charge is 2.29. The fourth-order valence-corrected chi connectivity index (χ4v) is 5.13. The number of nitrogens with one attached hydrogen (secondary N) is 2. The minimum Gasteiger partial charge on any atom is -0.489 e. The van der Waals surface area contributed by atoms with Crippen molar-refractivity contribution in [2.75, 3.05) is 11.9 Å². The molecule has 4 rings (SSSR count). The van der Waals surface area contributed by atoms with Crippen molar-refractivity contribution in [3.8, 4) is 5.75 Å². The van der Waals surface area contributed by atoms with Gasteiger partial charge in [-0.05, 0) is 104 Å². The van der Waals surface area contributed by atoms with Gasteiger partial charge in [0.15, 0.2) is 0 Å². The molecule has 4 N–H and O–H groups in total. The van der Waals surface area contributed by atoms with Crippen LogP contribution in [0.1, 0.15) is 62.1 Å². The molecule has 1 aromatic heterocycles. The third-order valence-electron chi connectivity index (χ3n) is 7.74. The Hall–Kier alpha value is -3.71. The Morgan fingerprint density at radius 3 is 2.25 bits per heavy atom. The fourth-order valence-electron chi connectivity index (χ4n) is 5.13. The van der Waals surface area contributed by atoms with Crippen LogP contribution in [0.5, 0.6) is 5.75 Å². The van der Waals surface area contributed by atoms with Gasteiger partial charge in [0.1, 0.15) is 18.4 Å². The second-order valence-electron chi connectivity index (χ2n) is 10.8. The van der Waals surface area contributed by atoms with Crippen molar-refractivity contribution in [3.63, 3.8) is 0 Å². The summed E-state index contributed by atoms with van der Waals surface area (Å²) in [5.74, 6) is 0.874. The Bertz CT molecular complexity index is 1190. The molecule has 1 aliphatic rings. The lowest BCUT2D eigenvalue weighted by molar-refractivity contribution is -0.130. The van der Waals surface area contributed by atoms with Crippen LogP contribution in [0.25, 0.3) is 0 Å². The number of aromatic nitrogens is 1. The first kappa shape index (κ1) is 29.3. The van der Waals surface area contributed by atoms with E-state index < -0.39 is 6.04 Å². The summed E-state index contributed by atoms with van der Waals surface area (Å²) in [6.45, 7) is 3.29. The summed E-state index contributed by atoms with van der Waals surface area (Å²) in [6, 6.07) is 18.8. The number of rotatable bonds is 13. The number of nitrogens with two attached hydrogens (primary N) is 1. The zero-order valence-electron chi connectivity index (χ0n) is 23.5. The van der Waals surface area contributed by atoms with Crippen LogP contribution in [-0.4, -0.2) is 29.4 Å². The highest BCUT2D eigenvalue weighted by atomic mass is 16.5. The van der Waals surface area contributed by atoms with Crippen molar-refractivity contribution >= 4 is 17.5 Å². The summed E-state index contributed by atoms with van der Waals surface area (Å²) < 4.78 is 5.89. The maximum Gasteiger partial charge on any atom is 0.247 e. The standard InChI is InChI=1S/C33H42N4O3/c1-2-3-4-24-7-13-29(14-8-24)36-33(39)31(37-32(38)28-11-5-26(22-34)6-12-28)21-25-9-15-30(16-10-25)40-23-27-17-19-35-20-18-27/h7-10,13-20,26,28,31H,2-6,11-12,21-23,34H2,1H3,(H,36,39)(H,37,38)/t26?,28?,31-/m0/s1. The van der Waals surface area contributed by atoms with E-state index >= 15 is 0 Å². The van der Waals surface area contributed by atoms with Gasteiger partial charge in [-0.3, -0.25) is 14.6 Å². The van der Waals surface area contributed by atoms with Crippen LogP contribution in [0.4, 0.5) is 5.69 Å². The molecule has 2 aromatic carbocycles. The number of unbranched alkanes of at least 4 members (excludes halogenated alkanes) is 1. The third-order valence-corrected chi connectivity index (χ3v) is 7.74. The third kappa shape index (κ3) is 8.91. The summed E-state index contributed by atoms with van der Waals surface area (Å²) in [7, 11) is 0. The summed E-state index contributed by atoms with van der Waals surface area (Å²) in [5, 5.41) is 6.09. The van der Waals surface area contributed by atoms with Crippen molar-refractivity contribution in [2.24, 2.45) is 17.6 Å². The maximum absolute atomic E-state index is 13.4. The number of benzene rings is 2. The van der Waals surface area contributed by atoms with Crippen molar-refractivity contribution in [1.29, 1.82) is 0 Å². The van der Waals surface area contributed by atoms with E-state index in [1.807, 2.05) is 48.5 Å². The second kappa shape index (κ2) is 15.2. The Balaban J connectivity index is 1.40. The van der Waals surface area contributed by atoms with Gasteiger partial charge in [-0.1, -0.05) is 37.6 Å². The van der Waals surface area contributed by atoms with E-state index in [0.29, 0.717) is 25.5 Å². The van der Waals surface area contributed by atoms with Crippen LogP contribution in [-0.2, 0) is 29.0 Å². The number of ether oxygens (including phenoxy) is 1. The molecule has 7 heteroatoms. The number of carbonyl (C=O) groups is 2. The topological polar surface area (TPSA) is 106 Å². The Labute approximate surface area is 237 Å². The van der Waals surface area contributed by atoms with Crippen molar-refractivity contribution in [1.82, 2.24) is 10.3 Å². The summed E-state index contributed by atoms with van der Waals surface area (Å²) in [4.78, 5) is 30.7. The second-order valence-corrected chi connectivity index (χ2v) is 10.8. The van der Waals surface area contributed by atoms with Gasteiger partial charge in [-0.15, -0.1) is 0 Å². The zero-order valence-corrected chi connectivity index (χ0v) is 23.5. The Kier molecular flexibility index (Phi) is 11.1. The van der Waals surface area contributed by atoms with E-state index in [9.17, 15) is 9.59 Å². The number of amides is 2. The minimum atomic E-state index is -0.692. The molecule has 1 aliphatic carbocycles. The molecule has 0 aliphatic heterocycles. The highest BCUT2D eigenvalue weighted by Crippen LogP contribution is 2.28. The SMILES string of the molecule is CCCCc1ccc(NC(=O)[C@H](Cc2ccc(OCc3ccncc3)cc2)NC(=O)C2CCC(CN)CC2)cc1. The first-order valence-electron chi connectivity index (χ1n) is 14.5. The molecule has 0 bridgehead atoms. The van der Waals surface area contributed by atoms with Gasteiger partial charge in [0, 0.05) is 30.4 Å². The van der Waals surface area contributed by atoms with E-state index in [1.54, 1.807) is 12.4 Å². The lowest BCUT2D eigenvalue weighted by atomic mass is 9.81. The van der Waals surface area contributed by atoms with Gasteiger partial charge in [-0.25, -0.2) is 0 Å². The molecule has 7 nitrogen and oxygen atoms in total. The minimum absolute atomic E-state index is 0.0529. The largest absolute Gasteiger partial charge is 0.489 e. The van der Waals surface area contributed by atoms with E-state index in [1.165, 1.54) is 5.56 Å². The van der Waals surface area contributed by atoms with E-state index in [4.69, 9.17) is 10.5 Å². The van der Waals surface area contributed by atoms with Crippen LogP contribution in [0.15, 0.2) is 73.1 Å². The summed E-state index contributed by atoms with van der Waals surface area (Å²) in [6.07, 6.45) is 10.7. The van der Waals surface area contributed by atoms with Crippen LogP contribution in [0.2, 0.25) is 0 Å². The fraction of sp³-hybridized carbons (Fsp3) is 0.424. The summed E-state index contributed by atoms with van der Waals surface area (Å²) >= 11 is 0. The Morgan fingerprint density at radius 2 is 1.60 bits per heavy atom. The molecular weight excluding hydrogens is 500 g/mol. The molecule has 212 valence electrons. The Morgan fingerprint density at radius 1 is 0.925 bits per heavy atom. The van der Waals surface area contributed by atoms with Gasteiger partial charge in [-0.2, -0.15) is 0 Å². The van der Waals surface area contributed by atoms with Gasteiger partial charge in [0.05, 0.1) is 0 Å². The molecule has 40 heavy (non-hydrogen) atoms. The molecule has 3 aromatic rings. The molecule has 0 unspecified atom stereocenters. The monoisotopic (exact) mass is 542 g/mol. The molecule has 2 amide bonds. The lowest BCUT2D eigenvalue weighted by Gasteiger charge is -2.28. The number of nitrogens with zero attached hydrogens (tertiary/aromatic N) is 1. The number of hydrogen-bond acceptors (Lipinski definition) is 5. The average molecular weight is 543 g/mol. The summed E-state index contributed by atoms with van der Waals surface area (Å²) in [5.41, 5.74) is 9.80. The van der Waals surface area contributed by atoms with E-state index in [2.05, 4.69) is 34.7 Å². The van der Waals surface area contributed by atoms with Gasteiger partial charge < -0.3 is 21.1 Å². The first-order chi connectivity index (χ1) is 19.5. The van der Waals surface area contributed by atoms with Crippen molar-refractivity contribution in [2.45, 2.75) is 70.9 Å². The molecule has 1 fully saturated rings. The number of aryl methyl sites for hydroxylation is 1. The zero-order chi connectivity index (χ0) is 28.2. The quantitative estimate of drug-likeness (QED) is 0.267. The molecule has 1 saturated carbocycles. The first-order valence-corrected chi connectivity index (χ1v) is 14.5. The molecule has 0 saturated heterocycles. The van der Waals surface area contributed by atoms with Crippen LogP contribution >= 0.6 is 0 Å². The van der Waals surface area contributed by atoms with Crippen molar-refractivity contribution in [3.05, 3.63) is 89.7 Å². The van der Waals surface area contributed by atoms with Crippen LogP contribution < -0.4 is 21.1 Å². The van der Waals surface area contributed by atoms with E-state index in [-0.39, 0.29) is 17.7 Å². The van der Waals surface area contributed by atoms with Crippen LogP contribution in [0, 0.1) is 11.8 Å². The van der Waals surface area contributed by atoms with Gasteiger partial charge in [0.25, 0.3) is 0 Å². The smallest absolute Gasteiger partial charge is 0.247 e.